The Kier molecular flexibility index (Phi) is 3.22. The van der Waals surface area contributed by atoms with Gasteiger partial charge in [-0.15, -0.1) is 0 Å². The van der Waals surface area contributed by atoms with E-state index in [0.717, 1.165) is 0 Å². The van der Waals surface area contributed by atoms with Crippen LogP contribution < -0.4 is 3.31 Å². The fraction of sp³-hybridized carbons (Fsp3) is 0.500. The number of hydrogen-bond donors (Lipinski definition) is 0. The molecule has 0 saturated heterocycles. The topological polar surface area (TPSA) is 0 Å². The third kappa shape index (κ3) is 2.47. The molecule has 0 amide bonds. The van der Waals surface area contributed by atoms with E-state index in [1.807, 2.05) is 0 Å². The molecule has 0 N–H and O–H groups in total. The average molecular weight is 287 g/mol. The van der Waals surface area contributed by atoms with E-state index < -0.39 is 18.4 Å². The van der Waals surface area contributed by atoms with Crippen molar-refractivity contribution in [1.82, 2.24) is 0 Å². The van der Waals surface area contributed by atoms with Crippen molar-refractivity contribution in [3.8, 4) is 0 Å². The van der Waals surface area contributed by atoms with Crippen molar-refractivity contribution in [2.24, 2.45) is 0 Å². The Bertz CT molecular complexity index is 286. The van der Waals surface area contributed by atoms with Crippen LogP contribution in [0.15, 0.2) is 11.9 Å². The molecule has 0 unspecified atom stereocenters. The third-order valence-corrected chi connectivity index (χ3v) is 13.5. The SMILES string of the molecule is Cc1cp[c]([Sn]([CH3])([CH3])[CH3])cc1C. The zero-order valence-corrected chi connectivity index (χ0v) is 12.4. The third-order valence-electron chi connectivity index (χ3n) is 2.14. The Morgan fingerprint density at radius 3 is 2.08 bits per heavy atom. The standard InChI is InChI=1S/C7H8P.3CH3.Sn/c1-6-3-4-8-5-7(6)2;;;;/h3,5H,1-2H3;3*1H3;. The molecule has 2 heteroatoms. The van der Waals surface area contributed by atoms with Crippen LogP contribution in [0.5, 0.6) is 0 Å². The molecule has 1 aromatic rings. The summed E-state index contributed by atoms with van der Waals surface area (Å²) < 4.78 is 1.73. The molecule has 1 heterocycles. The maximum absolute atomic E-state index is 2.48. The van der Waals surface area contributed by atoms with Crippen LogP contribution in [0, 0.1) is 13.8 Å². The molecular weight excluding hydrogens is 270 g/mol. The fourth-order valence-corrected chi connectivity index (χ4v) is 7.95. The maximum atomic E-state index is 2.48. The zero-order valence-electron chi connectivity index (χ0n) is 8.60. The number of aryl methyl sites for hydroxylation is 2. The summed E-state index contributed by atoms with van der Waals surface area (Å²) in [6, 6.07) is 2.42. The summed E-state index contributed by atoms with van der Waals surface area (Å²) >= 11 is -1.74. The van der Waals surface area contributed by atoms with Crippen molar-refractivity contribution in [1.29, 1.82) is 0 Å². The van der Waals surface area contributed by atoms with Gasteiger partial charge in [0.25, 0.3) is 0 Å². The second-order valence-corrected chi connectivity index (χ2v) is 21.0. The molecule has 0 aliphatic rings. The predicted octanol–water partition coefficient (Wildman–Crippen LogP) is 3.43. The Labute approximate surface area is 81.4 Å². The normalized spacial score (nSPS) is 12.4. The molecule has 0 fully saturated rings. The van der Waals surface area contributed by atoms with E-state index in [9.17, 15) is 0 Å². The molecule has 0 saturated carbocycles. The first kappa shape index (κ1) is 10.5. The number of hydrogen-bond acceptors (Lipinski definition) is 0. The molecule has 0 nitrogen and oxygen atoms in total. The van der Waals surface area contributed by atoms with Gasteiger partial charge < -0.3 is 0 Å². The molecule has 66 valence electrons. The zero-order chi connectivity index (χ0) is 9.35. The molecule has 0 aliphatic carbocycles. The minimum absolute atomic E-state index is 1.45. The first-order chi connectivity index (χ1) is 5.41. The summed E-state index contributed by atoms with van der Waals surface area (Å²) in [7, 11) is 1.47. The summed E-state index contributed by atoms with van der Waals surface area (Å²) in [5.74, 6) is 2.35. The van der Waals surface area contributed by atoms with Gasteiger partial charge >= 0.3 is 81.5 Å². The Morgan fingerprint density at radius 1 is 1.08 bits per heavy atom. The van der Waals surface area contributed by atoms with E-state index in [1.165, 1.54) is 19.3 Å². The average Bonchev–Trinajstić information content (AvgIpc) is 1.92. The molecule has 0 atom stereocenters. The van der Waals surface area contributed by atoms with E-state index >= 15 is 0 Å². The molecular formula is C10H17PSn. The van der Waals surface area contributed by atoms with Crippen LogP contribution in [-0.4, -0.2) is 18.4 Å². The van der Waals surface area contributed by atoms with Crippen LogP contribution in [0.25, 0.3) is 0 Å². The Balaban J connectivity index is 3.14. The molecule has 0 radical (unpaired) electrons. The molecule has 0 aliphatic heterocycles. The van der Waals surface area contributed by atoms with Crippen molar-refractivity contribution in [2.75, 3.05) is 0 Å². The second kappa shape index (κ2) is 3.67. The van der Waals surface area contributed by atoms with Crippen LogP contribution in [0.2, 0.25) is 14.8 Å². The predicted molar refractivity (Wildman–Crippen MR) is 61.4 cm³/mol. The van der Waals surface area contributed by atoms with Crippen LogP contribution in [0.1, 0.15) is 11.1 Å². The van der Waals surface area contributed by atoms with E-state index in [0.29, 0.717) is 0 Å². The minimum atomic E-state index is -1.74. The van der Waals surface area contributed by atoms with Gasteiger partial charge in [0.1, 0.15) is 0 Å². The van der Waals surface area contributed by atoms with Gasteiger partial charge in [-0.25, -0.2) is 0 Å². The molecule has 1 aromatic heterocycles. The quantitative estimate of drug-likeness (QED) is 0.694. The second-order valence-electron chi connectivity index (χ2n) is 4.40. The Morgan fingerprint density at radius 2 is 1.67 bits per heavy atom. The summed E-state index contributed by atoms with van der Waals surface area (Å²) in [4.78, 5) is 7.44. The molecule has 0 spiro atoms. The first-order valence-electron chi connectivity index (χ1n) is 4.35. The summed E-state index contributed by atoms with van der Waals surface area (Å²) in [5.41, 5.74) is 2.92. The molecule has 0 bridgehead atoms. The van der Waals surface area contributed by atoms with Crippen LogP contribution in [0.4, 0.5) is 0 Å². The van der Waals surface area contributed by atoms with Gasteiger partial charge in [-0.2, -0.15) is 0 Å². The Hall–Kier alpha value is 0.449. The summed E-state index contributed by atoms with van der Waals surface area (Å²) in [5, 5.41) is 0. The van der Waals surface area contributed by atoms with E-state index in [2.05, 4.69) is 40.5 Å². The van der Waals surface area contributed by atoms with Gasteiger partial charge in [0.2, 0.25) is 0 Å². The van der Waals surface area contributed by atoms with Crippen molar-refractivity contribution in [3.63, 3.8) is 0 Å². The van der Waals surface area contributed by atoms with E-state index in [4.69, 9.17) is 0 Å². The van der Waals surface area contributed by atoms with E-state index in [1.54, 1.807) is 3.31 Å². The van der Waals surface area contributed by atoms with Gasteiger partial charge in [0.05, 0.1) is 0 Å². The molecule has 1 rings (SSSR count). The summed E-state index contributed by atoms with van der Waals surface area (Å²) in [6.07, 6.45) is 0. The van der Waals surface area contributed by atoms with Gasteiger partial charge in [0.15, 0.2) is 0 Å². The van der Waals surface area contributed by atoms with Crippen LogP contribution in [0.3, 0.4) is 0 Å². The van der Waals surface area contributed by atoms with E-state index in [-0.39, 0.29) is 0 Å². The monoisotopic (exact) mass is 288 g/mol. The van der Waals surface area contributed by atoms with Gasteiger partial charge in [-0.3, -0.25) is 0 Å². The summed E-state index contributed by atoms with van der Waals surface area (Å²) in [6.45, 7) is 4.42. The fourth-order valence-electron chi connectivity index (χ4n) is 1.03. The van der Waals surface area contributed by atoms with Crippen molar-refractivity contribution >= 4 is 29.9 Å². The van der Waals surface area contributed by atoms with Gasteiger partial charge in [-0.05, 0) is 0 Å². The molecule has 0 aromatic carbocycles. The van der Waals surface area contributed by atoms with Crippen molar-refractivity contribution in [2.45, 2.75) is 28.7 Å². The molecule has 12 heavy (non-hydrogen) atoms. The van der Waals surface area contributed by atoms with Crippen molar-refractivity contribution < 1.29 is 0 Å². The number of rotatable bonds is 1. The van der Waals surface area contributed by atoms with Crippen LogP contribution >= 0.6 is 8.19 Å². The van der Waals surface area contributed by atoms with Crippen LogP contribution in [-0.2, 0) is 0 Å². The van der Waals surface area contributed by atoms with Gasteiger partial charge in [0, 0.05) is 0 Å². The van der Waals surface area contributed by atoms with Crippen molar-refractivity contribution in [3.05, 3.63) is 23.0 Å². The van der Waals surface area contributed by atoms with Gasteiger partial charge in [-0.1, -0.05) is 0 Å². The first-order valence-corrected chi connectivity index (χ1v) is 15.3.